The highest BCUT2D eigenvalue weighted by Gasteiger charge is 2.15. The first-order valence-electron chi connectivity index (χ1n) is 7.34. The number of hydrogen-bond donors (Lipinski definition) is 1. The van der Waals surface area contributed by atoms with Gasteiger partial charge in [-0.2, -0.15) is 8.42 Å². The second-order valence-corrected chi connectivity index (χ2v) is 9.28. The maximum atomic E-state index is 11.7. The molecule has 1 N–H and O–H groups in total. The van der Waals surface area contributed by atoms with Crippen LogP contribution in [-0.4, -0.2) is 46.4 Å². The van der Waals surface area contributed by atoms with E-state index in [0.29, 0.717) is 28.2 Å². The molecule has 0 bridgehead atoms. The maximum absolute atomic E-state index is 11.7. The summed E-state index contributed by atoms with van der Waals surface area (Å²) in [5, 5.41) is 0. The number of nitrogens with zero attached hydrogens (tertiary/aromatic N) is 1. The van der Waals surface area contributed by atoms with Gasteiger partial charge in [0.2, 0.25) is 0 Å². The molecular weight excluding hydrogens is 380 g/mol. The van der Waals surface area contributed by atoms with E-state index < -0.39 is 20.0 Å². The number of rotatable bonds is 5. The van der Waals surface area contributed by atoms with Gasteiger partial charge in [0.25, 0.3) is 0 Å². The second kappa shape index (κ2) is 6.29. The summed E-state index contributed by atoms with van der Waals surface area (Å²) in [6.45, 7) is 0. The third-order valence-electron chi connectivity index (χ3n) is 3.56. The summed E-state index contributed by atoms with van der Waals surface area (Å²) in [6, 6.07) is 9.14. The zero-order valence-corrected chi connectivity index (χ0v) is 15.8. The lowest BCUT2D eigenvalue weighted by molar-refractivity contribution is 0.413. The molecule has 0 aliphatic rings. The predicted octanol–water partition coefficient (Wildman–Crippen LogP) is 1.98. The SMILES string of the molecule is COc1cc(OS(C)(=O)=O)ccc1-c1nc2cc(S(C)(=O)=O)ccc2[nH]1. The highest BCUT2D eigenvalue weighted by molar-refractivity contribution is 7.90. The summed E-state index contributed by atoms with van der Waals surface area (Å²) < 4.78 is 56.0. The molecule has 0 atom stereocenters. The Morgan fingerprint density at radius 2 is 1.73 bits per heavy atom. The quantitative estimate of drug-likeness (QED) is 0.656. The van der Waals surface area contributed by atoms with E-state index in [4.69, 9.17) is 8.92 Å². The van der Waals surface area contributed by atoms with Crippen LogP contribution in [0, 0.1) is 0 Å². The van der Waals surface area contributed by atoms with Crippen molar-refractivity contribution in [3.63, 3.8) is 0 Å². The van der Waals surface area contributed by atoms with E-state index in [1.54, 1.807) is 12.1 Å². The lowest BCUT2D eigenvalue weighted by Crippen LogP contribution is -2.05. The number of nitrogens with one attached hydrogen (secondary N) is 1. The number of imidazole rings is 1. The van der Waals surface area contributed by atoms with Gasteiger partial charge in [-0.3, -0.25) is 0 Å². The number of H-pyrrole nitrogens is 1. The molecule has 0 saturated heterocycles. The van der Waals surface area contributed by atoms with Gasteiger partial charge in [-0.05, 0) is 30.3 Å². The minimum atomic E-state index is -3.65. The molecule has 0 fully saturated rings. The maximum Gasteiger partial charge on any atom is 0.306 e. The normalized spacial score (nSPS) is 12.3. The summed E-state index contributed by atoms with van der Waals surface area (Å²) in [7, 11) is -5.55. The molecule has 0 amide bonds. The van der Waals surface area contributed by atoms with Gasteiger partial charge in [0, 0.05) is 12.3 Å². The molecule has 0 spiro atoms. The zero-order valence-electron chi connectivity index (χ0n) is 14.2. The number of ether oxygens (including phenoxy) is 1. The summed E-state index contributed by atoms with van der Waals surface area (Å²) in [5.41, 5.74) is 1.72. The molecule has 26 heavy (non-hydrogen) atoms. The van der Waals surface area contributed by atoms with Crippen LogP contribution in [0.25, 0.3) is 22.4 Å². The lowest BCUT2D eigenvalue weighted by Gasteiger charge is -2.09. The van der Waals surface area contributed by atoms with Crippen molar-refractivity contribution in [2.24, 2.45) is 0 Å². The Labute approximate surface area is 150 Å². The minimum Gasteiger partial charge on any atom is -0.496 e. The van der Waals surface area contributed by atoms with Crippen LogP contribution in [0.1, 0.15) is 0 Å². The number of aromatic amines is 1. The van der Waals surface area contributed by atoms with Crippen LogP contribution in [0.2, 0.25) is 0 Å². The molecule has 0 saturated carbocycles. The van der Waals surface area contributed by atoms with Crippen molar-refractivity contribution in [2.75, 3.05) is 19.6 Å². The van der Waals surface area contributed by atoms with Crippen LogP contribution in [0.3, 0.4) is 0 Å². The minimum absolute atomic E-state index is 0.114. The first-order chi connectivity index (χ1) is 12.1. The molecule has 10 heteroatoms. The smallest absolute Gasteiger partial charge is 0.306 e. The monoisotopic (exact) mass is 396 g/mol. The molecule has 0 radical (unpaired) electrons. The number of sulfone groups is 1. The number of benzene rings is 2. The number of hydrogen-bond acceptors (Lipinski definition) is 7. The average Bonchev–Trinajstić information content (AvgIpc) is 2.95. The molecule has 138 valence electrons. The van der Waals surface area contributed by atoms with Crippen LogP contribution < -0.4 is 8.92 Å². The lowest BCUT2D eigenvalue weighted by atomic mass is 10.2. The highest BCUT2D eigenvalue weighted by Crippen LogP contribution is 2.33. The van der Waals surface area contributed by atoms with E-state index in [2.05, 4.69) is 9.97 Å². The zero-order chi connectivity index (χ0) is 19.1. The van der Waals surface area contributed by atoms with Gasteiger partial charge in [-0.15, -0.1) is 0 Å². The highest BCUT2D eigenvalue weighted by atomic mass is 32.2. The Morgan fingerprint density at radius 3 is 2.35 bits per heavy atom. The Hall–Kier alpha value is -2.59. The van der Waals surface area contributed by atoms with E-state index in [0.717, 1.165) is 12.5 Å². The second-order valence-electron chi connectivity index (χ2n) is 5.69. The predicted molar refractivity (Wildman–Crippen MR) is 96.7 cm³/mol. The molecule has 3 rings (SSSR count). The van der Waals surface area contributed by atoms with Gasteiger partial charge in [0.15, 0.2) is 9.84 Å². The largest absolute Gasteiger partial charge is 0.496 e. The first kappa shape index (κ1) is 18.2. The number of aromatic nitrogens is 2. The molecule has 1 aromatic heterocycles. The van der Waals surface area contributed by atoms with Crippen LogP contribution in [-0.2, 0) is 20.0 Å². The van der Waals surface area contributed by atoms with Crippen LogP contribution in [0.4, 0.5) is 0 Å². The topological polar surface area (TPSA) is 115 Å². The van der Waals surface area contributed by atoms with Crippen molar-refractivity contribution in [2.45, 2.75) is 4.90 Å². The van der Waals surface area contributed by atoms with Crippen molar-refractivity contribution in [3.8, 4) is 22.9 Å². The van der Waals surface area contributed by atoms with Crippen molar-refractivity contribution >= 4 is 31.0 Å². The van der Waals surface area contributed by atoms with Crippen molar-refractivity contribution in [1.29, 1.82) is 0 Å². The Kier molecular flexibility index (Phi) is 4.41. The standard InChI is InChI=1S/C16H16N2O6S2/c1-23-15-8-10(24-26(3,21)22)4-6-12(15)16-17-13-7-5-11(25(2,19)20)9-14(13)18-16/h4-9H,1-3H3,(H,17,18). The fraction of sp³-hybridized carbons (Fsp3) is 0.188. The fourth-order valence-electron chi connectivity index (χ4n) is 2.44. The summed E-state index contributed by atoms with van der Waals surface area (Å²) in [4.78, 5) is 7.67. The van der Waals surface area contributed by atoms with Gasteiger partial charge in [0.1, 0.15) is 17.3 Å². The molecule has 2 aromatic carbocycles. The van der Waals surface area contributed by atoms with Gasteiger partial charge in [-0.1, -0.05) is 0 Å². The van der Waals surface area contributed by atoms with E-state index >= 15 is 0 Å². The Bertz CT molecular complexity index is 1200. The van der Waals surface area contributed by atoms with Gasteiger partial charge < -0.3 is 13.9 Å². The molecule has 1 heterocycles. The van der Waals surface area contributed by atoms with Gasteiger partial charge in [-0.25, -0.2) is 13.4 Å². The summed E-state index contributed by atoms with van der Waals surface area (Å²) >= 11 is 0. The average molecular weight is 396 g/mol. The molecule has 8 nitrogen and oxygen atoms in total. The molecule has 0 unspecified atom stereocenters. The molecule has 0 aliphatic carbocycles. The van der Waals surface area contributed by atoms with E-state index in [1.807, 2.05) is 0 Å². The van der Waals surface area contributed by atoms with Crippen molar-refractivity contribution in [1.82, 2.24) is 9.97 Å². The Balaban J connectivity index is 2.08. The molecule has 3 aromatic rings. The summed E-state index contributed by atoms with van der Waals surface area (Å²) in [6.07, 6.45) is 2.08. The third kappa shape index (κ3) is 3.81. The van der Waals surface area contributed by atoms with Gasteiger partial charge in [0.05, 0.1) is 34.9 Å². The number of methoxy groups -OCH3 is 1. The molecule has 0 aliphatic heterocycles. The van der Waals surface area contributed by atoms with E-state index in [1.165, 1.54) is 31.4 Å². The van der Waals surface area contributed by atoms with E-state index in [-0.39, 0.29) is 10.6 Å². The van der Waals surface area contributed by atoms with Crippen LogP contribution in [0.15, 0.2) is 41.3 Å². The van der Waals surface area contributed by atoms with Gasteiger partial charge >= 0.3 is 10.1 Å². The molecular formula is C16H16N2O6S2. The third-order valence-corrected chi connectivity index (χ3v) is 5.16. The van der Waals surface area contributed by atoms with Crippen molar-refractivity contribution < 1.29 is 25.8 Å². The Morgan fingerprint density at radius 1 is 1.00 bits per heavy atom. The van der Waals surface area contributed by atoms with Crippen LogP contribution in [0.5, 0.6) is 11.5 Å². The summed E-state index contributed by atoms with van der Waals surface area (Å²) in [5.74, 6) is 0.922. The van der Waals surface area contributed by atoms with Crippen LogP contribution >= 0.6 is 0 Å². The fourth-order valence-corrected chi connectivity index (χ4v) is 3.53. The number of fused-ring (bicyclic) bond motifs is 1. The van der Waals surface area contributed by atoms with E-state index in [9.17, 15) is 16.8 Å². The van der Waals surface area contributed by atoms with Crippen molar-refractivity contribution in [3.05, 3.63) is 36.4 Å². The first-order valence-corrected chi connectivity index (χ1v) is 11.1.